The molecule has 0 aliphatic heterocycles. The van der Waals surface area contributed by atoms with Crippen LogP contribution in [0.1, 0.15) is 10.6 Å². The van der Waals surface area contributed by atoms with Gasteiger partial charge in [-0.2, -0.15) is 0 Å². The summed E-state index contributed by atoms with van der Waals surface area (Å²) < 4.78 is 9.51. The van der Waals surface area contributed by atoms with Gasteiger partial charge in [0.2, 0.25) is 5.76 Å². The van der Waals surface area contributed by atoms with Crippen molar-refractivity contribution in [1.29, 1.82) is 0 Å². The number of methoxy groups -OCH3 is 1. The molecule has 1 N–H and O–H groups in total. The summed E-state index contributed by atoms with van der Waals surface area (Å²) in [6.45, 7) is 0.954. The molecule has 0 saturated heterocycles. The summed E-state index contributed by atoms with van der Waals surface area (Å²) in [6, 6.07) is 0. The van der Waals surface area contributed by atoms with E-state index in [0.717, 1.165) is 0 Å². The highest BCUT2D eigenvalue weighted by Crippen LogP contribution is 1.94. The first-order chi connectivity index (χ1) is 5.84. The molecule has 5 nitrogen and oxygen atoms in total. The van der Waals surface area contributed by atoms with Gasteiger partial charge in [-0.05, 0) is 0 Å². The Kier molecular flexibility index (Phi) is 3.28. The Balaban J connectivity index is 2.30. The largest absolute Gasteiger partial charge is 0.438 e. The number of carbonyl (C=O) groups excluding carboxylic acids is 1. The van der Waals surface area contributed by atoms with E-state index in [1.807, 2.05) is 0 Å². The second kappa shape index (κ2) is 4.50. The van der Waals surface area contributed by atoms with Crippen LogP contribution in [0.25, 0.3) is 0 Å². The number of rotatable bonds is 4. The number of carbonyl (C=O) groups is 1. The number of ether oxygens (including phenoxy) is 1. The Morgan fingerprint density at radius 1 is 1.83 bits per heavy atom. The fourth-order valence-corrected chi connectivity index (χ4v) is 0.682. The van der Waals surface area contributed by atoms with Gasteiger partial charge in [0, 0.05) is 13.7 Å². The molecule has 66 valence electrons. The molecule has 0 aromatic carbocycles. The van der Waals surface area contributed by atoms with Crippen LogP contribution in [0.4, 0.5) is 0 Å². The summed E-state index contributed by atoms with van der Waals surface area (Å²) >= 11 is 0. The highest BCUT2D eigenvalue weighted by atomic mass is 16.5. The Morgan fingerprint density at radius 2 is 2.67 bits per heavy atom. The SMILES string of the molecule is COCCNC(=O)c1cnco1. The lowest BCUT2D eigenvalue weighted by Crippen LogP contribution is -2.26. The molecule has 1 amide bonds. The van der Waals surface area contributed by atoms with Crippen molar-refractivity contribution in [1.82, 2.24) is 10.3 Å². The van der Waals surface area contributed by atoms with Gasteiger partial charge < -0.3 is 14.5 Å². The number of oxazole rings is 1. The molecule has 1 heterocycles. The zero-order valence-electron chi connectivity index (χ0n) is 6.74. The third kappa shape index (κ3) is 2.35. The van der Waals surface area contributed by atoms with Gasteiger partial charge in [0.05, 0.1) is 12.8 Å². The van der Waals surface area contributed by atoms with Crippen LogP contribution in [-0.2, 0) is 4.74 Å². The highest BCUT2D eigenvalue weighted by molar-refractivity contribution is 5.90. The van der Waals surface area contributed by atoms with Crippen molar-refractivity contribution in [2.24, 2.45) is 0 Å². The first kappa shape index (κ1) is 8.73. The molecule has 1 aromatic heterocycles. The second-order valence-electron chi connectivity index (χ2n) is 2.11. The van der Waals surface area contributed by atoms with Crippen molar-refractivity contribution < 1.29 is 13.9 Å². The van der Waals surface area contributed by atoms with E-state index in [0.29, 0.717) is 13.2 Å². The van der Waals surface area contributed by atoms with E-state index in [2.05, 4.69) is 10.3 Å². The van der Waals surface area contributed by atoms with Crippen LogP contribution in [0, 0.1) is 0 Å². The third-order valence-corrected chi connectivity index (χ3v) is 1.25. The molecule has 0 bridgehead atoms. The van der Waals surface area contributed by atoms with Crippen LogP contribution >= 0.6 is 0 Å². The van der Waals surface area contributed by atoms with Crippen LogP contribution in [0.3, 0.4) is 0 Å². The maximum Gasteiger partial charge on any atom is 0.288 e. The number of amides is 1. The average Bonchev–Trinajstić information content (AvgIpc) is 2.56. The average molecular weight is 170 g/mol. The summed E-state index contributed by atoms with van der Waals surface area (Å²) in [5, 5.41) is 2.59. The molecule has 12 heavy (non-hydrogen) atoms. The van der Waals surface area contributed by atoms with Gasteiger partial charge in [-0.25, -0.2) is 4.98 Å². The first-order valence-electron chi connectivity index (χ1n) is 3.50. The lowest BCUT2D eigenvalue weighted by molar-refractivity contribution is 0.0909. The highest BCUT2D eigenvalue weighted by Gasteiger charge is 2.06. The minimum atomic E-state index is -0.274. The van der Waals surface area contributed by atoms with Crippen LogP contribution in [-0.4, -0.2) is 31.2 Å². The molecule has 1 rings (SSSR count). The summed E-state index contributed by atoms with van der Waals surface area (Å²) in [7, 11) is 1.57. The quantitative estimate of drug-likeness (QED) is 0.648. The summed E-state index contributed by atoms with van der Waals surface area (Å²) in [5.74, 6) is -0.0596. The normalized spacial score (nSPS) is 9.75. The number of hydrogen-bond acceptors (Lipinski definition) is 4. The Hall–Kier alpha value is -1.36. The molecule has 0 unspecified atom stereocenters. The lowest BCUT2D eigenvalue weighted by Gasteiger charge is -1.99. The summed E-state index contributed by atoms with van der Waals surface area (Å²) in [4.78, 5) is 14.7. The van der Waals surface area contributed by atoms with E-state index in [4.69, 9.17) is 9.15 Å². The first-order valence-corrected chi connectivity index (χ1v) is 3.50. The number of nitrogens with one attached hydrogen (secondary N) is 1. The van der Waals surface area contributed by atoms with Crippen molar-refractivity contribution in [2.75, 3.05) is 20.3 Å². The molecule has 0 aliphatic rings. The predicted octanol–water partition coefficient (Wildman–Crippen LogP) is 0.0508. The zero-order valence-corrected chi connectivity index (χ0v) is 6.74. The molecule has 0 aliphatic carbocycles. The van der Waals surface area contributed by atoms with Gasteiger partial charge in [0.1, 0.15) is 0 Å². The summed E-state index contributed by atoms with van der Waals surface area (Å²) in [6.07, 6.45) is 2.58. The van der Waals surface area contributed by atoms with E-state index >= 15 is 0 Å². The summed E-state index contributed by atoms with van der Waals surface area (Å²) in [5.41, 5.74) is 0. The second-order valence-corrected chi connectivity index (χ2v) is 2.11. The van der Waals surface area contributed by atoms with Crippen LogP contribution in [0.2, 0.25) is 0 Å². The topological polar surface area (TPSA) is 64.4 Å². The molecule has 0 fully saturated rings. The van der Waals surface area contributed by atoms with Gasteiger partial charge in [-0.3, -0.25) is 4.79 Å². The zero-order chi connectivity index (χ0) is 8.81. The van der Waals surface area contributed by atoms with Gasteiger partial charge in [0.15, 0.2) is 6.39 Å². The molecule has 0 spiro atoms. The molecule has 5 heteroatoms. The maximum absolute atomic E-state index is 11.1. The third-order valence-electron chi connectivity index (χ3n) is 1.25. The Morgan fingerprint density at radius 3 is 3.25 bits per heavy atom. The van der Waals surface area contributed by atoms with Crippen LogP contribution in [0.15, 0.2) is 17.0 Å². The lowest BCUT2D eigenvalue weighted by atomic mass is 10.5. The maximum atomic E-state index is 11.1. The Labute approximate surface area is 69.7 Å². The predicted molar refractivity (Wildman–Crippen MR) is 40.7 cm³/mol. The molecule has 0 radical (unpaired) electrons. The van der Waals surface area contributed by atoms with E-state index in [-0.39, 0.29) is 11.7 Å². The fourth-order valence-electron chi connectivity index (χ4n) is 0.682. The van der Waals surface area contributed by atoms with Gasteiger partial charge >= 0.3 is 0 Å². The monoisotopic (exact) mass is 170 g/mol. The minimum Gasteiger partial charge on any atom is -0.438 e. The van der Waals surface area contributed by atoms with E-state index in [1.165, 1.54) is 12.6 Å². The standard InChI is InChI=1S/C7H10N2O3/c1-11-3-2-9-7(10)6-4-8-5-12-6/h4-5H,2-3H2,1H3,(H,9,10). The van der Waals surface area contributed by atoms with Crippen LogP contribution < -0.4 is 5.32 Å². The van der Waals surface area contributed by atoms with Crippen molar-refractivity contribution in [3.63, 3.8) is 0 Å². The molecular weight excluding hydrogens is 160 g/mol. The van der Waals surface area contributed by atoms with Crippen molar-refractivity contribution >= 4 is 5.91 Å². The van der Waals surface area contributed by atoms with E-state index in [1.54, 1.807) is 7.11 Å². The van der Waals surface area contributed by atoms with Crippen molar-refractivity contribution in [2.45, 2.75) is 0 Å². The van der Waals surface area contributed by atoms with Gasteiger partial charge in [-0.15, -0.1) is 0 Å². The minimum absolute atomic E-state index is 0.214. The molecule has 0 saturated carbocycles. The van der Waals surface area contributed by atoms with Crippen molar-refractivity contribution in [3.8, 4) is 0 Å². The number of hydrogen-bond donors (Lipinski definition) is 1. The molecule has 1 aromatic rings. The smallest absolute Gasteiger partial charge is 0.288 e. The van der Waals surface area contributed by atoms with E-state index < -0.39 is 0 Å². The Bertz CT molecular complexity index is 233. The van der Waals surface area contributed by atoms with Crippen molar-refractivity contribution in [3.05, 3.63) is 18.4 Å². The van der Waals surface area contributed by atoms with Gasteiger partial charge in [-0.1, -0.05) is 0 Å². The fraction of sp³-hybridized carbons (Fsp3) is 0.429. The number of aromatic nitrogens is 1. The molecular formula is C7H10N2O3. The van der Waals surface area contributed by atoms with Crippen LogP contribution in [0.5, 0.6) is 0 Å². The number of nitrogens with zero attached hydrogens (tertiary/aromatic N) is 1. The van der Waals surface area contributed by atoms with Gasteiger partial charge in [0.25, 0.3) is 5.91 Å². The van der Waals surface area contributed by atoms with E-state index in [9.17, 15) is 4.79 Å². The molecule has 0 atom stereocenters.